The second-order valence-corrected chi connectivity index (χ2v) is 6.98. The van der Waals surface area contributed by atoms with Crippen LogP contribution in [-0.2, 0) is 0 Å². The predicted molar refractivity (Wildman–Crippen MR) is 105 cm³/mol. The van der Waals surface area contributed by atoms with E-state index in [1.807, 2.05) is 4.90 Å². The number of nitrogens with one attached hydrogen (secondary N) is 1. The van der Waals surface area contributed by atoms with Crippen molar-refractivity contribution in [3.05, 3.63) is 50.0 Å². The van der Waals surface area contributed by atoms with Crippen molar-refractivity contribution in [1.29, 1.82) is 0 Å². The number of nitrogens with zero attached hydrogens (tertiary/aromatic N) is 3. The van der Waals surface area contributed by atoms with E-state index in [1.54, 1.807) is 10.6 Å². The molecule has 1 aliphatic heterocycles. The van der Waals surface area contributed by atoms with Crippen LogP contribution in [0, 0.1) is 15.9 Å². The van der Waals surface area contributed by atoms with Gasteiger partial charge in [0, 0.05) is 48.7 Å². The Labute approximate surface area is 165 Å². The summed E-state index contributed by atoms with van der Waals surface area (Å²) < 4.78 is 16.6. The van der Waals surface area contributed by atoms with Crippen molar-refractivity contribution in [2.75, 3.05) is 37.6 Å². The van der Waals surface area contributed by atoms with Crippen LogP contribution in [-0.4, -0.2) is 48.0 Å². The Bertz CT molecular complexity index is 999. The lowest BCUT2D eigenvalue weighted by Crippen LogP contribution is -2.43. The molecule has 0 bridgehead atoms. The number of pyridine rings is 1. The molecule has 1 saturated heterocycles. The lowest BCUT2D eigenvalue weighted by atomic mass is 10.1. The Hall–Kier alpha value is -2.52. The molecule has 1 N–H and O–H groups in total. The van der Waals surface area contributed by atoms with Crippen molar-refractivity contribution in [2.24, 2.45) is 0 Å². The van der Waals surface area contributed by atoms with Crippen LogP contribution in [0.2, 0.25) is 0 Å². The molecule has 28 heavy (non-hydrogen) atoms. The van der Waals surface area contributed by atoms with Gasteiger partial charge in [0.1, 0.15) is 5.82 Å². The Morgan fingerprint density at radius 2 is 1.96 bits per heavy atom. The monoisotopic (exact) mass is 410 g/mol. The van der Waals surface area contributed by atoms with Gasteiger partial charge in [0.15, 0.2) is 0 Å². The number of fused-ring (bicyclic) bond motifs is 1. The Morgan fingerprint density at radius 3 is 2.57 bits per heavy atom. The van der Waals surface area contributed by atoms with E-state index in [9.17, 15) is 24.1 Å². The minimum Gasteiger partial charge on any atom is -0.367 e. The van der Waals surface area contributed by atoms with Crippen molar-refractivity contribution in [2.45, 2.75) is 18.9 Å². The van der Waals surface area contributed by atoms with Crippen LogP contribution < -0.4 is 15.6 Å². The number of ketones is 1. The molecule has 0 unspecified atom stereocenters. The van der Waals surface area contributed by atoms with Crippen LogP contribution in [0.4, 0.5) is 10.1 Å². The fourth-order valence-corrected chi connectivity index (χ4v) is 3.56. The molecule has 1 aromatic carbocycles. The number of Topliss-reactive ketones (excluding diaryl/α,β-unsaturated/α-hetero) is 1. The molecule has 2 heterocycles. The number of rotatable bonds is 5. The quantitative estimate of drug-likeness (QED) is 0.458. The molecule has 2 aromatic rings. The second kappa shape index (κ2) is 7.84. The number of aromatic nitrogens is 1. The summed E-state index contributed by atoms with van der Waals surface area (Å²) in [5.74, 6) is -1.38. The summed E-state index contributed by atoms with van der Waals surface area (Å²) in [6.07, 6.45) is 3.19. The van der Waals surface area contributed by atoms with Crippen LogP contribution >= 0.6 is 12.4 Å². The first-order chi connectivity index (χ1) is 13.0. The highest BCUT2D eigenvalue weighted by atomic mass is 35.5. The molecular weight excluding hydrogens is 391 g/mol. The molecule has 1 saturated carbocycles. The molecule has 1 aliphatic carbocycles. The van der Waals surface area contributed by atoms with Crippen molar-refractivity contribution in [1.82, 2.24) is 9.88 Å². The summed E-state index contributed by atoms with van der Waals surface area (Å²) in [5.41, 5.74) is 0.0946. The summed E-state index contributed by atoms with van der Waals surface area (Å²) in [7, 11) is 0. The molecular formula is C18H20ClFN4O4. The summed E-state index contributed by atoms with van der Waals surface area (Å²) >= 11 is 0. The van der Waals surface area contributed by atoms with Crippen LogP contribution in [0.15, 0.2) is 23.1 Å². The van der Waals surface area contributed by atoms with Gasteiger partial charge in [-0.25, -0.2) is 4.39 Å². The van der Waals surface area contributed by atoms with Gasteiger partial charge in [-0.3, -0.25) is 19.7 Å². The van der Waals surface area contributed by atoms with Gasteiger partial charge in [0.2, 0.25) is 11.2 Å². The van der Waals surface area contributed by atoms with Gasteiger partial charge < -0.3 is 14.8 Å². The second-order valence-electron chi connectivity index (χ2n) is 6.98. The van der Waals surface area contributed by atoms with Crippen molar-refractivity contribution >= 4 is 34.8 Å². The van der Waals surface area contributed by atoms with Crippen LogP contribution in [0.1, 0.15) is 29.2 Å². The topological polar surface area (TPSA) is 97.5 Å². The third-order valence-corrected chi connectivity index (χ3v) is 5.07. The molecule has 0 atom stereocenters. The molecule has 1 aromatic heterocycles. The van der Waals surface area contributed by atoms with Gasteiger partial charge in [0.25, 0.3) is 6.54 Å². The zero-order valence-corrected chi connectivity index (χ0v) is 15.8. The number of benzene rings is 1. The molecule has 2 aliphatic rings. The average molecular weight is 411 g/mol. The summed E-state index contributed by atoms with van der Waals surface area (Å²) in [5, 5.41) is 14.0. The minimum atomic E-state index is -0.952. The maximum atomic E-state index is 14.8. The first kappa shape index (κ1) is 20.2. The van der Waals surface area contributed by atoms with Gasteiger partial charge in [-0.2, -0.15) is 0 Å². The number of carbonyl (C=O) groups excluding carboxylic acids is 1. The first-order valence-electron chi connectivity index (χ1n) is 8.95. The summed E-state index contributed by atoms with van der Waals surface area (Å²) in [4.78, 5) is 36.7. The number of nitro groups is 1. The van der Waals surface area contributed by atoms with Crippen molar-refractivity contribution in [3.8, 4) is 0 Å². The SMILES string of the molecule is Cl.O=C(C[N+](=O)[O-])c1cn(C2CC2)c2cc(N3CCNCC3)c(F)cc2c1=O. The van der Waals surface area contributed by atoms with E-state index >= 15 is 0 Å². The highest BCUT2D eigenvalue weighted by Crippen LogP contribution is 2.38. The standard InChI is InChI=1S/C18H19FN4O4.ClH/c19-14-7-12-15(8-16(14)21-5-3-20-4-6-21)22(11-1-2-11)9-13(18(12)25)17(24)10-23(26)27;/h7-9,11,20H,1-6,10H2;1H. The van der Waals surface area contributed by atoms with Crippen LogP contribution in [0.3, 0.4) is 0 Å². The van der Waals surface area contributed by atoms with E-state index in [2.05, 4.69) is 5.32 Å². The lowest BCUT2D eigenvalue weighted by molar-refractivity contribution is -0.465. The molecule has 0 radical (unpaired) electrons. The Kier molecular flexibility index (Phi) is 5.66. The molecule has 4 rings (SSSR count). The maximum absolute atomic E-state index is 14.8. The molecule has 10 heteroatoms. The summed E-state index contributed by atoms with van der Waals surface area (Å²) in [6, 6.07) is 2.95. The molecule has 150 valence electrons. The number of halogens is 2. The first-order valence-corrected chi connectivity index (χ1v) is 8.95. The number of piperazine rings is 1. The number of hydrogen-bond donors (Lipinski definition) is 1. The molecule has 2 fully saturated rings. The lowest BCUT2D eigenvalue weighted by Gasteiger charge is -2.30. The average Bonchev–Trinajstić information content (AvgIpc) is 3.47. The van der Waals surface area contributed by atoms with Gasteiger partial charge >= 0.3 is 0 Å². The van der Waals surface area contributed by atoms with Gasteiger partial charge in [-0.15, -0.1) is 12.4 Å². The molecule has 8 nitrogen and oxygen atoms in total. The van der Waals surface area contributed by atoms with Crippen molar-refractivity contribution < 1.29 is 14.1 Å². The maximum Gasteiger partial charge on any atom is 0.266 e. The van der Waals surface area contributed by atoms with Crippen molar-refractivity contribution in [3.63, 3.8) is 0 Å². The summed E-state index contributed by atoms with van der Waals surface area (Å²) in [6.45, 7) is 1.88. The van der Waals surface area contributed by atoms with Gasteiger partial charge in [-0.1, -0.05) is 0 Å². The number of hydrogen-bond acceptors (Lipinski definition) is 6. The van der Waals surface area contributed by atoms with Gasteiger partial charge in [-0.05, 0) is 25.0 Å². The molecule has 0 amide bonds. The highest BCUT2D eigenvalue weighted by molar-refractivity contribution is 6.00. The van der Waals surface area contributed by atoms with E-state index in [-0.39, 0.29) is 29.4 Å². The van der Waals surface area contributed by atoms with E-state index in [0.29, 0.717) is 24.3 Å². The van der Waals surface area contributed by atoms with E-state index < -0.39 is 28.5 Å². The van der Waals surface area contributed by atoms with E-state index in [0.717, 1.165) is 32.0 Å². The largest absolute Gasteiger partial charge is 0.367 e. The fraction of sp³-hybridized carbons (Fsp3) is 0.444. The van der Waals surface area contributed by atoms with Crippen LogP contribution in [0.25, 0.3) is 10.9 Å². The number of anilines is 1. The Balaban J connectivity index is 0.00000225. The predicted octanol–water partition coefficient (Wildman–Crippen LogP) is 1.77. The van der Waals surface area contributed by atoms with E-state index in [1.165, 1.54) is 6.20 Å². The number of carbonyl (C=O) groups is 1. The Morgan fingerprint density at radius 1 is 1.29 bits per heavy atom. The third-order valence-electron chi connectivity index (χ3n) is 5.07. The smallest absolute Gasteiger partial charge is 0.266 e. The van der Waals surface area contributed by atoms with Gasteiger partial charge in [0.05, 0.1) is 16.8 Å². The van der Waals surface area contributed by atoms with E-state index in [4.69, 9.17) is 0 Å². The normalized spacial score (nSPS) is 16.7. The highest BCUT2D eigenvalue weighted by Gasteiger charge is 2.29. The molecule has 0 spiro atoms. The fourth-order valence-electron chi connectivity index (χ4n) is 3.56. The zero-order chi connectivity index (χ0) is 19.1. The zero-order valence-electron chi connectivity index (χ0n) is 15.0. The minimum absolute atomic E-state index is 0. The third kappa shape index (κ3) is 3.72. The van der Waals surface area contributed by atoms with Crippen LogP contribution in [0.5, 0.6) is 0 Å².